The lowest BCUT2D eigenvalue weighted by Crippen LogP contribution is -2.19. The van der Waals surface area contributed by atoms with Crippen molar-refractivity contribution in [3.63, 3.8) is 0 Å². The molecule has 3 rings (SSSR count). The maximum Gasteiger partial charge on any atom is 0.422 e. The summed E-state index contributed by atoms with van der Waals surface area (Å²) in [5.74, 6) is 0.694. The SMILES string of the molecule is FC(F)(F)COc1ccc(CCOc2ncnc3ccccc23)cc1. The average molecular weight is 348 g/mol. The Morgan fingerprint density at radius 2 is 1.64 bits per heavy atom. The molecule has 130 valence electrons. The number of alkyl halides is 3. The number of halogens is 3. The number of aromatic nitrogens is 2. The zero-order valence-electron chi connectivity index (χ0n) is 13.2. The fourth-order valence-corrected chi connectivity index (χ4v) is 2.28. The Bertz CT molecular complexity index is 830. The minimum Gasteiger partial charge on any atom is -0.484 e. The Hall–Kier alpha value is -2.83. The molecule has 0 fully saturated rings. The molecular formula is C18H15F3N2O2. The number of hydrogen-bond donors (Lipinski definition) is 0. The number of hydrogen-bond acceptors (Lipinski definition) is 4. The van der Waals surface area contributed by atoms with Gasteiger partial charge in [0.25, 0.3) is 0 Å². The largest absolute Gasteiger partial charge is 0.484 e. The van der Waals surface area contributed by atoms with E-state index in [9.17, 15) is 13.2 Å². The Morgan fingerprint density at radius 1 is 0.880 bits per heavy atom. The zero-order valence-corrected chi connectivity index (χ0v) is 13.2. The van der Waals surface area contributed by atoms with Crippen molar-refractivity contribution in [2.45, 2.75) is 12.6 Å². The maximum atomic E-state index is 12.1. The predicted octanol–water partition coefficient (Wildman–Crippen LogP) is 4.19. The summed E-state index contributed by atoms with van der Waals surface area (Å²) in [4.78, 5) is 8.31. The van der Waals surface area contributed by atoms with Gasteiger partial charge in [-0.15, -0.1) is 0 Å². The van der Waals surface area contributed by atoms with Crippen LogP contribution in [-0.2, 0) is 6.42 Å². The van der Waals surface area contributed by atoms with Gasteiger partial charge in [-0.1, -0.05) is 24.3 Å². The number of nitrogens with zero attached hydrogens (tertiary/aromatic N) is 2. The molecule has 0 spiro atoms. The molecule has 4 nitrogen and oxygen atoms in total. The van der Waals surface area contributed by atoms with E-state index >= 15 is 0 Å². The van der Waals surface area contributed by atoms with E-state index in [4.69, 9.17) is 4.74 Å². The number of fused-ring (bicyclic) bond motifs is 1. The van der Waals surface area contributed by atoms with Crippen LogP contribution >= 0.6 is 0 Å². The van der Waals surface area contributed by atoms with Gasteiger partial charge < -0.3 is 9.47 Å². The molecule has 3 aromatic rings. The normalized spacial score (nSPS) is 11.5. The summed E-state index contributed by atoms with van der Waals surface area (Å²) < 4.78 is 46.7. The quantitative estimate of drug-likeness (QED) is 0.670. The molecule has 0 atom stereocenters. The highest BCUT2D eigenvalue weighted by Crippen LogP contribution is 2.21. The molecule has 1 heterocycles. The van der Waals surface area contributed by atoms with E-state index < -0.39 is 12.8 Å². The highest BCUT2D eigenvalue weighted by Gasteiger charge is 2.28. The highest BCUT2D eigenvalue weighted by atomic mass is 19.4. The number of ether oxygens (including phenoxy) is 2. The lowest BCUT2D eigenvalue weighted by atomic mass is 10.1. The van der Waals surface area contributed by atoms with Crippen molar-refractivity contribution in [3.8, 4) is 11.6 Å². The van der Waals surface area contributed by atoms with Crippen molar-refractivity contribution >= 4 is 10.9 Å². The summed E-state index contributed by atoms with van der Waals surface area (Å²) in [5.41, 5.74) is 1.73. The predicted molar refractivity (Wildman–Crippen MR) is 86.7 cm³/mol. The molecule has 7 heteroatoms. The van der Waals surface area contributed by atoms with Crippen molar-refractivity contribution < 1.29 is 22.6 Å². The summed E-state index contributed by atoms with van der Waals surface area (Å²) in [6.45, 7) is -0.903. The second-order valence-electron chi connectivity index (χ2n) is 5.34. The summed E-state index contributed by atoms with van der Waals surface area (Å²) in [6, 6.07) is 14.0. The minimum atomic E-state index is -4.34. The monoisotopic (exact) mass is 348 g/mol. The van der Waals surface area contributed by atoms with Gasteiger partial charge in [-0.3, -0.25) is 0 Å². The van der Waals surface area contributed by atoms with Crippen LogP contribution in [0.2, 0.25) is 0 Å². The molecule has 0 aliphatic rings. The Kier molecular flexibility index (Phi) is 5.02. The van der Waals surface area contributed by atoms with Crippen molar-refractivity contribution in [2.24, 2.45) is 0 Å². The fourth-order valence-electron chi connectivity index (χ4n) is 2.28. The number of benzene rings is 2. The van der Waals surface area contributed by atoms with E-state index in [0.29, 0.717) is 18.9 Å². The molecule has 0 N–H and O–H groups in total. The first-order valence-electron chi connectivity index (χ1n) is 7.62. The minimum absolute atomic E-state index is 0.184. The van der Waals surface area contributed by atoms with Crippen LogP contribution in [0.3, 0.4) is 0 Å². The first kappa shape index (κ1) is 17.0. The average Bonchev–Trinajstić information content (AvgIpc) is 2.61. The van der Waals surface area contributed by atoms with E-state index in [-0.39, 0.29) is 5.75 Å². The first-order chi connectivity index (χ1) is 12.0. The number of rotatable bonds is 6. The summed E-state index contributed by atoms with van der Waals surface area (Å²) in [7, 11) is 0. The second-order valence-corrected chi connectivity index (χ2v) is 5.34. The molecule has 0 bridgehead atoms. The topological polar surface area (TPSA) is 44.2 Å². The first-order valence-corrected chi connectivity index (χ1v) is 7.62. The maximum absolute atomic E-state index is 12.1. The van der Waals surface area contributed by atoms with Crippen molar-refractivity contribution in [3.05, 3.63) is 60.4 Å². The lowest BCUT2D eigenvalue weighted by molar-refractivity contribution is -0.153. The van der Waals surface area contributed by atoms with Crippen LogP contribution in [-0.4, -0.2) is 29.4 Å². The lowest BCUT2D eigenvalue weighted by Gasteiger charge is -2.10. The summed E-state index contributed by atoms with van der Waals surface area (Å²) in [5, 5.41) is 0.834. The zero-order chi connectivity index (χ0) is 17.7. The van der Waals surface area contributed by atoms with Gasteiger partial charge in [0.15, 0.2) is 6.61 Å². The van der Waals surface area contributed by atoms with E-state index in [1.54, 1.807) is 12.1 Å². The fraction of sp³-hybridized carbons (Fsp3) is 0.222. The Morgan fingerprint density at radius 3 is 2.40 bits per heavy atom. The van der Waals surface area contributed by atoms with Crippen LogP contribution in [0.25, 0.3) is 10.9 Å². The standard InChI is InChI=1S/C18H15F3N2O2/c19-18(20,21)11-25-14-7-5-13(6-8-14)9-10-24-17-15-3-1-2-4-16(15)22-12-23-17/h1-8,12H,9-11H2. The second kappa shape index (κ2) is 7.38. The van der Waals surface area contributed by atoms with Crippen LogP contribution in [0.4, 0.5) is 13.2 Å². The van der Waals surface area contributed by atoms with Crippen LogP contribution in [0.5, 0.6) is 11.6 Å². The van der Waals surface area contributed by atoms with Crippen LogP contribution in [0, 0.1) is 0 Å². The van der Waals surface area contributed by atoms with Crippen molar-refractivity contribution in [2.75, 3.05) is 13.2 Å². The van der Waals surface area contributed by atoms with Gasteiger partial charge in [0, 0.05) is 6.42 Å². The Balaban J connectivity index is 1.55. The van der Waals surface area contributed by atoms with Gasteiger partial charge in [-0.05, 0) is 29.8 Å². The molecule has 25 heavy (non-hydrogen) atoms. The third-order valence-electron chi connectivity index (χ3n) is 3.46. The molecule has 0 radical (unpaired) electrons. The van der Waals surface area contributed by atoms with Crippen molar-refractivity contribution in [1.82, 2.24) is 9.97 Å². The molecule has 0 unspecified atom stereocenters. The van der Waals surface area contributed by atoms with Gasteiger partial charge in [-0.2, -0.15) is 13.2 Å². The molecule has 0 saturated carbocycles. The third-order valence-corrected chi connectivity index (χ3v) is 3.46. The van der Waals surface area contributed by atoms with E-state index in [2.05, 4.69) is 14.7 Å². The molecule has 0 amide bonds. The molecule has 2 aromatic carbocycles. The van der Waals surface area contributed by atoms with E-state index in [1.807, 2.05) is 24.3 Å². The molecule has 0 aliphatic heterocycles. The molecular weight excluding hydrogens is 333 g/mol. The summed E-state index contributed by atoms with van der Waals surface area (Å²) in [6.07, 6.45) is -2.30. The van der Waals surface area contributed by atoms with Crippen molar-refractivity contribution in [1.29, 1.82) is 0 Å². The van der Waals surface area contributed by atoms with Gasteiger partial charge in [0.05, 0.1) is 17.5 Å². The smallest absolute Gasteiger partial charge is 0.422 e. The molecule has 0 saturated heterocycles. The highest BCUT2D eigenvalue weighted by molar-refractivity contribution is 5.82. The molecule has 1 aromatic heterocycles. The third kappa shape index (κ3) is 4.82. The molecule has 0 aliphatic carbocycles. The van der Waals surface area contributed by atoms with Gasteiger partial charge in [0.1, 0.15) is 12.1 Å². The van der Waals surface area contributed by atoms with Gasteiger partial charge >= 0.3 is 6.18 Å². The van der Waals surface area contributed by atoms with Crippen LogP contribution < -0.4 is 9.47 Å². The van der Waals surface area contributed by atoms with Gasteiger partial charge in [0.2, 0.25) is 5.88 Å². The van der Waals surface area contributed by atoms with Crippen LogP contribution in [0.1, 0.15) is 5.56 Å². The van der Waals surface area contributed by atoms with Crippen LogP contribution in [0.15, 0.2) is 54.9 Å². The summed E-state index contributed by atoms with van der Waals surface area (Å²) >= 11 is 0. The Labute approximate surface area is 142 Å². The van der Waals surface area contributed by atoms with E-state index in [1.165, 1.54) is 18.5 Å². The van der Waals surface area contributed by atoms with Gasteiger partial charge in [-0.25, -0.2) is 9.97 Å². The van der Waals surface area contributed by atoms with E-state index in [0.717, 1.165) is 16.5 Å². The number of para-hydroxylation sites is 1.